The molecule has 0 aliphatic carbocycles. The molecule has 27 heavy (non-hydrogen) atoms. The van der Waals surface area contributed by atoms with E-state index in [4.69, 9.17) is 104 Å². The van der Waals surface area contributed by atoms with Crippen LogP contribution in [0.25, 0.3) is 22.3 Å². The first-order chi connectivity index (χ1) is 12.7. The van der Waals surface area contributed by atoms with Crippen LogP contribution < -0.4 is 0 Å². The number of hydrogen-bond acceptors (Lipinski definition) is 0. The molecule has 0 heterocycles. The molecule has 3 aromatic rings. The van der Waals surface area contributed by atoms with Crippen molar-refractivity contribution in [3.8, 4) is 22.3 Å². The quantitative estimate of drug-likeness (QED) is 0.224. The largest absolute Gasteiger partial charge is 0.0819 e. The first-order valence-corrected chi connectivity index (χ1v) is 10.5. The van der Waals surface area contributed by atoms with Crippen LogP contribution in [0.15, 0.2) is 30.3 Å². The second-order valence-electron chi connectivity index (χ2n) is 5.32. The monoisotopic (exact) mass is 536 g/mol. The van der Waals surface area contributed by atoms with Crippen LogP contribution in [-0.4, -0.2) is 0 Å². The Hall–Kier alpha value is 0.270. The lowest BCUT2D eigenvalue weighted by Gasteiger charge is -2.20. The molecule has 0 unspecified atom stereocenters. The zero-order valence-electron chi connectivity index (χ0n) is 12.8. The van der Waals surface area contributed by atoms with Crippen LogP contribution in [-0.2, 0) is 0 Å². The minimum atomic E-state index is 0.0278. The van der Waals surface area contributed by atoms with Gasteiger partial charge in [0, 0.05) is 16.7 Å². The van der Waals surface area contributed by atoms with E-state index in [1.165, 1.54) is 0 Å². The summed E-state index contributed by atoms with van der Waals surface area (Å²) < 4.78 is 0. The van der Waals surface area contributed by atoms with Crippen molar-refractivity contribution in [3.05, 3.63) is 75.5 Å². The van der Waals surface area contributed by atoms with Gasteiger partial charge in [0.15, 0.2) is 0 Å². The highest BCUT2D eigenvalue weighted by Crippen LogP contribution is 2.56. The third-order valence-electron chi connectivity index (χ3n) is 3.79. The molecule has 0 amide bonds. The maximum atomic E-state index is 6.54. The summed E-state index contributed by atoms with van der Waals surface area (Å²) in [7, 11) is 0. The predicted molar refractivity (Wildman–Crippen MR) is 122 cm³/mol. The summed E-state index contributed by atoms with van der Waals surface area (Å²) in [4.78, 5) is 0. The average Bonchev–Trinajstić information content (AvgIpc) is 2.68. The van der Waals surface area contributed by atoms with Gasteiger partial charge < -0.3 is 0 Å². The molecule has 0 aliphatic heterocycles. The van der Waals surface area contributed by atoms with Crippen LogP contribution >= 0.6 is 104 Å². The molecule has 0 aliphatic rings. The second-order valence-corrected chi connectivity index (χ2v) is 8.72. The molecule has 0 aromatic heterocycles. The molecule has 3 aromatic carbocycles. The van der Waals surface area contributed by atoms with Crippen molar-refractivity contribution in [2.24, 2.45) is 0 Å². The van der Waals surface area contributed by atoms with Gasteiger partial charge in [-0.15, -0.1) is 0 Å². The van der Waals surface area contributed by atoms with Crippen LogP contribution in [0.5, 0.6) is 0 Å². The minimum Gasteiger partial charge on any atom is -0.0819 e. The zero-order valence-corrected chi connectivity index (χ0v) is 19.6. The molecule has 140 valence electrons. The van der Waals surface area contributed by atoms with Gasteiger partial charge in [-0.1, -0.05) is 135 Å². The van der Waals surface area contributed by atoms with E-state index in [2.05, 4.69) is 0 Å². The van der Waals surface area contributed by atoms with E-state index in [0.29, 0.717) is 16.7 Å². The lowest BCUT2D eigenvalue weighted by atomic mass is 9.94. The predicted octanol–water partition coefficient (Wildman–Crippen LogP) is 10.9. The van der Waals surface area contributed by atoms with E-state index >= 15 is 0 Å². The summed E-state index contributed by atoms with van der Waals surface area (Å²) >= 11 is 57.1. The fourth-order valence-electron chi connectivity index (χ4n) is 2.57. The zero-order chi connectivity index (χ0) is 20.0. The number of rotatable bonds is 2. The normalized spacial score (nSPS) is 11.1. The van der Waals surface area contributed by atoms with Crippen LogP contribution in [0.1, 0.15) is 0 Å². The molecule has 0 spiro atoms. The van der Waals surface area contributed by atoms with Crippen molar-refractivity contribution in [1.82, 2.24) is 0 Å². The molecule has 0 saturated carbocycles. The van der Waals surface area contributed by atoms with Gasteiger partial charge >= 0.3 is 0 Å². The van der Waals surface area contributed by atoms with E-state index in [-0.39, 0.29) is 50.8 Å². The van der Waals surface area contributed by atoms with E-state index in [0.717, 1.165) is 0 Å². The molecule has 0 radical (unpaired) electrons. The second kappa shape index (κ2) is 8.56. The SMILES string of the molecule is Clc1c(Cl)c(Cl)c(-c2c(Cl)c(Cl)c(Cl)c(Cl)c2-c2ccccc2)c(Cl)c1Cl. The summed E-state index contributed by atoms with van der Waals surface area (Å²) in [5.74, 6) is 0. The van der Waals surface area contributed by atoms with Crippen molar-refractivity contribution in [3.63, 3.8) is 0 Å². The van der Waals surface area contributed by atoms with E-state index in [9.17, 15) is 0 Å². The van der Waals surface area contributed by atoms with Crippen LogP contribution in [0.3, 0.4) is 0 Å². The van der Waals surface area contributed by atoms with Gasteiger partial charge in [-0.25, -0.2) is 0 Å². The van der Waals surface area contributed by atoms with Crippen molar-refractivity contribution in [1.29, 1.82) is 0 Å². The topological polar surface area (TPSA) is 0 Å². The van der Waals surface area contributed by atoms with Gasteiger partial charge in [0.2, 0.25) is 0 Å². The molecule has 0 nitrogen and oxygen atoms in total. The highest BCUT2D eigenvalue weighted by molar-refractivity contribution is 6.58. The molecule has 0 bridgehead atoms. The summed E-state index contributed by atoms with van der Waals surface area (Å²) in [6, 6.07) is 9.17. The molecule has 9 heteroatoms. The van der Waals surface area contributed by atoms with Crippen molar-refractivity contribution >= 4 is 104 Å². The van der Waals surface area contributed by atoms with Crippen LogP contribution in [0.2, 0.25) is 45.2 Å². The Balaban J connectivity index is 2.57. The van der Waals surface area contributed by atoms with Gasteiger partial charge in [-0.05, 0) is 5.56 Å². The summed E-state index contributed by atoms with van der Waals surface area (Å²) in [5.41, 5.74) is 1.79. The molecule has 0 fully saturated rings. The van der Waals surface area contributed by atoms with Gasteiger partial charge in [-0.2, -0.15) is 0 Å². The summed E-state index contributed by atoms with van der Waals surface area (Å²) in [6.07, 6.45) is 0. The Morgan fingerprint density at radius 2 is 0.667 bits per heavy atom. The number of hydrogen-bond donors (Lipinski definition) is 0. The van der Waals surface area contributed by atoms with Gasteiger partial charge in [-0.3, -0.25) is 0 Å². The van der Waals surface area contributed by atoms with Gasteiger partial charge in [0.1, 0.15) is 0 Å². The lowest BCUT2D eigenvalue weighted by Crippen LogP contribution is -1.94. The molecular formula is C18H5Cl9. The maximum absolute atomic E-state index is 6.54. The Morgan fingerprint density at radius 3 is 1.11 bits per heavy atom. The van der Waals surface area contributed by atoms with Crippen LogP contribution in [0.4, 0.5) is 0 Å². The molecule has 3 rings (SSSR count). The summed E-state index contributed by atoms with van der Waals surface area (Å²) in [5, 5.41) is 0.635. The van der Waals surface area contributed by atoms with Gasteiger partial charge in [0.05, 0.1) is 45.2 Å². The Kier molecular flexibility index (Phi) is 6.96. The molecule has 0 saturated heterocycles. The highest BCUT2D eigenvalue weighted by atomic mass is 35.5. The Labute approximate surface area is 200 Å². The Morgan fingerprint density at radius 1 is 0.333 bits per heavy atom. The van der Waals surface area contributed by atoms with Crippen LogP contribution in [0, 0.1) is 0 Å². The number of benzene rings is 3. The van der Waals surface area contributed by atoms with E-state index in [1.54, 1.807) is 0 Å². The first kappa shape index (κ1) is 22.0. The molecular weight excluding hydrogens is 535 g/mol. The van der Waals surface area contributed by atoms with Gasteiger partial charge in [0.25, 0.3) is 0 Å². The average molecular weight is 540 g/mol. The number of halogens is 9. The Bertz CT molecular complexity index is 1030. The smallest absolute Gasteiger partial charge is 0.0809 e. The van der Waals surface area contributed by atoms with Crippen molar-refractivity contribution in [2.75, 3.05) is 0 Å². The third kappa shape index (κ3) is 3.75. The third-order valence-corrected chi connectivity index (χ3v) is 7.87. The van der Waals surface area contributed by atoms with E-state index in [1.807, 2.05) is 30.3 Å². The maximum Gasteiger partial charge on any atom is 0.0809 e. The van der Waals surface area contributed by atoms with Crippen molar-refractivity contribution in [2.45, 2.75) is 0 Å². The minimum absolute atomic E-state index is 0.0278. The standard InChI is InChI=1S/C18H5Cl9/c19-10-7(6-4-2-1-3-5-6)8(11(20)15(24)14(10)23)9-12(21)16(25)18(27)17(26)13(9)22/h1-5H. The summed E-state index contributed by atoms with van der Waals surface area (Å²) in [6.45, 7) is 0. The first-order valence-electron chi connectivity index (χ1n) is 7.11. The van der Waals surface area contributed by atoms with E-state index < -0.39 is 0 Å². The highest BCUT2D eigenvalue weighted by Gasteiger charge is 2.28. The fourth-order valence-corrected chi connectivity index (χ4v) is 4.95. The fraction of sp³-hybridized carbons (Fsp3) is 0. The molecule has 0 atom stereocenters. The molecule has 0 N–H and O–H groups in total. The van der Waals surface area contributed by atoms with Crippen molar-refractivity contribution < 1.29 is 0 Å². The lowest BCUT2D eigenvalue weighted by molar-refractivity contribution is 1.57.